The smallest absolute Gasteiger partial charge is 0.244 e. The monoisotopic (exact) mass is 295 g/mol. The Hall–Kier alpha value is -1.82. The molecule has 0 spiro atoms. The Kier molecular flexibility index (Phi) is 4.44. The van der Waals surface area contributed by atoms with Gasteiger partial charge in [-0.1, -0.05) is 11.6 Å². The molecule has 0 aromatic carbocycles. The van der Waals surface area contributed by atoms with Crippen molar-refractivity contribution in [2.75, 3.05) is 18.4 Å². The van der Waals surface area contributed by atoms with Gasteiger partial charge in [-0.25, -0.2) is 4.52 Å². The Morgan fingerprint density at radius 2 is 2.15 bits per heavy atom. The van der Waals surface area contributed by atoms with Gasteiger partial charge in [0.05, 0.1) is 5.02 Å². The molecule has 2 aromatic rings. The van der Waals surface area contributed by atoms with E-state index in [-0.39, 0.29) is 11.9 Å². The van der Waals surface area contributed by atoms with E-state index in [0.29, 0.717) is 29.7 Å². The minimum Gasteiger partial charge on any atom is -0.341 e. The van der Waals surface area contributed by atoms with Crippen LogP contribution in [-0.4, -0.2) is 44.5 Å². The fourth-order valence-corrected chi connectivity index (χ4v) is 2.14. The number of anilines is 1. The lowest BCUT2D eigenvalue weighted by Gasteiger charge is -2.22. The second-order valence-electron chi connectivity index (χ2n) is 4.46. The number of hydrogen-bond donors (Lipinski definition) is 1. The fourth-order valence-electron chi connectivity index (χ4n) is 1.98. The largest absolute Gasteiger partial charge is 0.341 e. The van der Waals surface area contributed by atoms with Crippen molar-refractivity contribution < 1.29 is 4.79 Å². The van der Waals surface area contributed by atoms with E-state index in [1.807, 2.05) is 13.8 Å². The molecule has 0 radical (unpaired) electrons. The molecule has 0 aliphatic rings. The molecule has 7 heteroatoms. The van der Waals surface area contributed by atoms with E-state index in [1.165, 1.54) is 0 Å². The predicted octanol–water partition coefficient (Wildman–Crippen LogP) is 2.05. The summed E-state index contributed by atoms with van der Waals surface area (Å²) in [6.07, 6.45) is 1.67. The molecule has 0 fully saturated rings. The highest BCUT2D eigenvalue weighted by atomic mass is 35.5. The number of carbonyl (C=O) groups is 1. The van der Waals surface area contributed by atoms with Crippen molar-refractivity contribution in [3.8, 4) is 0 Å². The van der Waals surface area contributed by atoms with Gasteiger partial charge in [0.2, 0.25) is 11.9 Å². The second kappa shape index (κ2) is 6.09. The summed E-state index contributed by atoms with van der Waals surface area (Å²) >= 11 is 5.89. The number of fused-ring (bicyclic) bond motifs is 1. The van der Waals surface area contributed by atoms with E-state index >= 15 is 0 Å². The predicted molar refractivity (Wildman–Crippen MR) is 79.0 cm³/mol. The van der Waals surface area contributed by atoms with E-state index in [0.717, 1.165) is 0 Å². The van der Waals surface area contributed by atoms with E-state index in [4.69, 9.17) is 11.6 Å². The first-order valence-electron chi connectivity index (χ1n) is 6.62. The van der Waals surface area contributed by atoms with Crippen LogP contribution in [0.3, 0.4) is 0 Å². The molecule has 0 aliphatic heterocycles. The van der Waals surface area contributed by atoms with Gasteiger partial charge < -0.3 is 10.2 Å². The molecule has 20 heavy (non-hydrogen) atoms. The van der Waals surface area contributed by atoms with Crippen LogP contribution in [0.25, 0.3) is 5.65 Å². The van der Waals surface area contributed by atoms with Gasteiger partial charge in [0.1, 0.15) is 6.04 Å². The summed E-state index contributed by atoms with van der Waals surface area (Å²) in [6, 6.07) is 3.15. The maximum Gasteiger partial charge on any atom is 0.244 e. The third-order valence-electron chi connectivity index (χ3n) is 3.09. The second-order valence-corrected chi connectivity index (χ2v) is 4.90. The quantitative estimate of drug-likeness (QED) is 0.917. The van der Waals surface area contributed by atoms with Crippen molar-refractivity contribution in [1.82, 2.24) is 19.5 Å². The van der Waals surface area contributed by atoms with Crippen molar-refractivity contribution in [1.29, 1.82) is 0 Å². The number of nitrogens with one attached hydrogen (secondary N) is 1. The lowest BCUT2D eigenvalue weighted by molar-refractivity contribution is -0.131. The Bertz CT molecular complexity index is 608. The Balaban J connectivity index is 2.13. The number of aromatic nitrogens is 3. The molecule has 0 saturated carbocycles. The highest BCUT2D eigenvalue weighted by Crippen LogP contribution is 2.12. The molecule has 6 nitrogen and oxygen atoms in total. The first kappa shape index (κ1) is 14.6. The maximum atomic E-state index is 12.2. The van der Waals surface area contributed by atoms with Crippen molar-refractivity contribution in [2.45, 2.75) is 26.8 Å². The minimum absolute atomic E-state index is 0.0342. The van der Waals surface area contributed by atoms with E-state index in [2.05, 4.69) is 15.4 Å². The standard InChI is InChI=1S/C13H18ClN5O/c1-4-18(5-2)12(20)9(3)15-13-16-11-7-6-10(14)8-19(11)17-13/h6-9H,4-5H2,1-3H3,(H,15,17). The van der Waals surface area contributed by atoms with Crippen LogP contribution in [0.5, 0.6) is 0 Å². The highest BCUT2D eigenvalue weighted by Gasteiger charge is 2.19. The number of pyridine rings is 1. The Morgan fingerprint density at radius 1 is 1.45 bits per heavy atom. The number of halogens is 1. The molecule has 2 rings (SSSR count). The molecule has 1 atom stereocenters. The topological polar surface area (TPSA) is 62.5 Å². The van der Waals surface area contributed by atoms with E-state index in [1.54, 1.807) is 34.7 Å². The first-order valence-corrected chi connectivity index (χ1v) is 7.00. The molecular formula is C13H18ClN5O. The number of carbonyl (C=O) groups excluding carboxylic acids is 1. The van der Waals surface area contributed by atoms with Crippen LogP contribution in [0.4, 0.5) is 5.95 Å². The van der Waals surface area contributed by atoms with Crippen molar-refractivity contribution >= 4 is 29.1 Å². The molecule has 1 unspecified atom stereocenters. The van der Waals surface area contributed by atoms with Gasteiger partial charge in [0, 0.05) is 19.3 Å². The van der Waals surface area contributed by atoms with Crippen LogP contribution in [0.15, 0.2) is 18.3 Å². The van der Waals surface area contributed by atoms with Crippen LogP contribution < -0.4 is 5.32 Å². The molecular weight excluding hydrogens is 278 g/mol. The molecule has 1 amide bonds. The number of amides is 1. The van der Waals surface area contributed by atoms with Crippen LogP contribution in [0, 0.1) is 0 Å². The normalized spacial score (nSPS) is 12.4. The van der Waals surface area contributed by atoms with E-state index in [9.17, 15) is 4.79 Å². The first-order chi connectivity index (χ1) is 9.55. The summed E-state index contributed by atoms with van der Waals surface area (Å²) in [5, 5.41) is 7.85. The summed E-state index contributed by atoms with van der Waals surface area (Å²) in [4.78, 5) is 18.2. The zero-order valence-electron chi connectivity index (χ0n) is 11.8. The molecule has 0 bridgehead atoms. The number of nitrogens with zero attached hydrogens (tertiary/aromatic N) is 4. The van der Waals surface area contributed by atoms with Crippen molar-refractivity contribution in [3.63, 3.8) is 0 Å². The van der Waals surface area contributed by atoms with Gasteiger partial charge in [-0.05, 0) is 32.9 Å². The molecule has 0 saturated heterocycles. The number of hydrogen-bond acceptors (Lipinski definition) is 4. The summed E-state index contributed by atoms with van der Waals surface area (Å²) in [7, 11) is 0. The molecule has 1 N–H and O–H groups in total. The van der Waals surface area contributed by atoms with Gasteiger partial charge in [-0.2, -0.15) is 4.98 Å². The van der Waals surface area contributed by atoms with Gasteiger partial charge in [-0.15, -0.1) is 5.10 Å². The number of rotatable bonds is 5. The maximum absolute atomic E-state index is 12.2. The van der Waals surface area contributed by atoms with Gasteiger partial charge in [-0.3, -0.25) is 4.79 Å². The van der Waals surface area contributed by atoms with Gasteiger partial charge in [0.15, 0.2) is 5.65 Å². The highest BCUT2D eigenvalue weighted by molar-refractivity contribution is 6.30. The average Bonchev–Trinajstić information content (AvgIpc) is 2.81. The van der Waals surface area contributed by atoms with Crippen molar-refractivity contribution in [2.24, 2.45) is 0 Å². The van der Waals surface area contributed by atoms with Gasteiger partial charge >= 0.3 is 0 Å². The summed E-state index contributed by atoms with van der Waals surface area (Å²) in [6.45, 7) is 7.10. The third kappa shape index (κ3) is 3.01. The van der Waals surface area contributed by atoms with Gasteiger partial charge in [0.25, 0.3) is 0 Å². The summed E-state index contributed by atoms with van der Waals surface area (Å²) in [5.41, 5.74) is 0.680. The van der Waals surface area contributed by atoms with Crippen LogP contribution in [0.2, 0.25) is 5.02 Å². The summed E-state index contributed by atoms with van der Waals surface area (Å²) < 4.78 is 1.58. The Labute approximate surface area is 122 Å². The molecule has 108 valence electrons. The van der Waals surface area contributed by atoms with Crippen molar-refractivity contribution in [3.05, 3.63) is 23.4 Å². The molecule has 2 heterocycles. The third-order valence-corrected chi connectivity index (χ3v) is 3.31. The Morgan fingerprint density at radius 3 is 2.80 bits per heavy atom. The fraction of sp³-hybridized carbons (Fsp3) is 0.462. The average molecular weight is 296 g/mol. The zero-order valence-corrected chi connectivity index (χ0v) is 12.6. The van der Waals surface area contributed by atoms with Crippen LogP contribution >= 0.6 is 11.6 Å². The molecule has 0 aliphatic carbocycles. The zero-order chi connectivity index (χ0) is 14.7. The van der Waals surface area contributed by atoms with Crippen LogP contribution in [0.1, 0.15) is 20.8 Å². The van der Waals surface area contributed by atoms with E-state index < -0.39 is 0 Å². The van der Waals surface area contributed by atoms with Crippen LogP contribution in [-0.2, 0) is 4.79 Å². The lowest BCUT2D eigenvalue weighted by Crippen LogP contribution is -2.41. The minimum atomic E-state index is -0.372. The SMILES string of the molecule is CCN(CC)C(=O)C(C)Nc1nc2ccc(Cl)cn2n1. The number of likely N-dealkylation sites (N-methyl/N-ethyl adjacent to an activating group) is 1. The lowest BCUT2D eigenvalue weighted by atomic mass is 10.3. The molecule has 2 aromatic heterocycles. The summed E-state index contributed by atoms with van der Waals surface area (Å²) in [5.74, 6) is 0.451.